The van der Waals surface area contributed by atoms with E-state index in [9.17, 15) is 4.79 Å². The number of aromatic nitrogens is 3. The number of allylic oxidation sites excluding steroid dienone is 1. The van der Waals surface area contributed by atoms with Crippen LogP contribution in [0.25, 0.3) is 0 Å². The average Bonchev–Trinajstić information content (AvgIpc) is 3.33. The van der Waals surface area contributed by atoms with Crippen molar-refractivity contribution in [2.75, 3.05) is 24.3 Å². The molecule has 194 valence electrons. The molecule has 1 aromatic heterocycles. The molecule has 0 amide bonds. The van der Waals surface area contributed by atoms with Crippen molar-refractivity contribution in [3.05, 3.63) is 112 Å². The number of carbonyl (C=O) groups is 1. The molecule has 38 heavy (non-hydrogen) atoms. The van der Waals surface area contributed by atoms with E-state index in [-0.39, 0.29) is 6.61 Å². The molecule has 2 heterocycles. The number of halogens is 1. The van der Waals surface area contributed by atoms with Gasteiger partial charge in [0.25, 0.3) is 0 Å². The molecule has 7 nitrogen and oxygen atoms in total. The summed E-state index contributed by atoms with van der Waals surface area (Å²) in [5.41, 5.74) is 5.10. The van der Waals surface area contributed by atoms with Crippen molar-refractivity contribution in [1.82, 2.24) is 14.8 Å². The van der Waals surface area contributed by atoms with Gasteiger partial charge in [-0.25, -0.2) is 9.48 Å². The SMILES string of the molecule is CC1=C(C(=O)OCc2ccccc2)C(c2ccc(N(C)C)cc2)n2nc(SCc3ccccc3Cl)nc2N1. The molecule has 5 rings (SSSR count). The predicted octanol–water partition coefficient (Wildman–Crippen LogP) is 6.32. The number of hydrogen-bond donors (Lipinski definition) is 1. The summed E-state index contributed by atoms with van der Waals surface area (Å²) in [5.74, 6) is 0.807. The van der Waals surface area contributed by atoms with Gasteiger partial charge < -0.3 is 15.0 Å². The van der Waals surface area contributed by atoms with E-state index in [1.54, 1.807) is 4.68 Å². The zero-order valence-electron chi connectivity index (χ0n) is 21.4. The standard InChI is InChI=1S/C29H28ClN5O2S/c1-19-25(27(36)37-17-20-9-5-4-6-10-20)26(21-13-15-23(16-14-21)34(2)3)35-28(31-19)32-29(33-35)38-18-22-11-7-8-12-24(22)30/h4-16,26H,17-18H2,1-3H3,(H,31,32,33). The topological polar surface area (TPSA) is 72.3 Å². The van der Waals surface area contributed by atoms with Crippen LogP contribution in [0, 0.1) is 0 Å². The molecule has 0 saturated heterocycles. The van der Waals surface area contributed by atoms with E-state index in [1.165, 1.54) is 11.8 Å². The first-order chi connectivity index (χ1) is 18.4. The summed E-state index contributed by atoms with van der Waals surface area (Å²) >= 11 is 7.84. The number of anilines is 2. The molecule has 1 atom stereocenters. The minimum absolute atomic E-state index is 0.186. The molecule has 9 heteroatoms. The smallest absolute Gasteiger partial charge is 0.338 e. The van der Waals surface area contributed by atoms with Crippen molar-refractivity contribution < 1.29 is 9.53 Å². The number of ether oxygens (including phenoxy) is 1. The van der Waals surface area contributed by atoms with Crippen LogP contribution in [0.1, 0.15) is 29.7 Å². The van der Waals surface area contributed by atoms with Crippen LogP contribution in [0.2, 0.25) is 5.02 Å². The van der Waals surface area contributed by atoms with Gasteiger partial charge in [0.2, 0.25) is 11.1 Å². The number of benzene rings is 3. The largest absolute Gasteiger partial charge is 0.457 e. The fraction of sp³-hybridized carbons (Fsp3) is 0.207. The van der Waals surface area contributed by atoms with Gasteiger partial charge in [-0.15, -0.1) is 5.10 Å². The third-order valence-electron chi connectivity index (χ3n) is 6.31. The monoisotopic (exact) mass is 545 g/mol. The maximum Gasteiger partial charge on any atom is 0.338 e. The van der Waals surface area contributed by atoms with Gasteiger partial charge in [0.05, 0.1) is 5.57 Å². The molecule has 0 bridgehead atoms. The molecule has 4 aromatic rings. The van der Waals surface area contributed by atoms with Crippen LogP contribution in [0.15, 0.2) is 95.3 Å². The van der Waals surface area contributed by atoms with E-state index in [2.05, 4.69) is 5.32 Å². The Bertz CT molecular complexity index is 1470. The summed E-state index contributed by atoms with van der Waals surface area (Å²) in [4.78, 5) is 20.3. The van der Waals surface area contributed by atoms with E-state index in [0.29, 0.717) is 33.2 Å². The Morgan fingerprint density at radius 1 is 1.05 bits per heavy atom. The number of thioether (sulfide) groups is 1. The van der Waals surface area contributed by atoms with Gasteiger partial charge in [-0.05, 0) is 41.8 Å². The van der Waals surface area contributed by atoms with Gasteiger partial charge in [-0.1, -0.05) is 84.0 Å². The molecule has 0 saturated carbocycles. The lowest BCUT2D eigenvalue weighted by Crippen LogP contribution is -2.29. The Balaban J connectivity index is 1.46. The molecule has 1 aliphatic rings. The molecule has 0 fully saturated rings. The fourth-order valence-corrected chi connectivity index (χ4v) is 5.39. The summed E-state index contributed by atoms with van der Waals surface area (Å²) < 4.78 is 7.54. The zero-order valence-corrected chi connectivity index (χ0v) is 23.0. The lowest BCUT2D eigenvalue weighted by Gasteiger charge is -2.28. The van der Waals surface area contributed by atoms with Gasteiger partial charge in [0, 0.05) is 36.3 Å². The van der Waals surface area contributed by atoms with Gasteiger partial charge in [0.1, 0.15) is 12.6 Å². The minimum Gasteiger partial charge on any atom is -0.457 e. The molecule has 0 aliphatic carbocycles. The first-order valence-electron chi connectivity index (χ1n) is 12.2. The zero-order chi connectivity index (χ0) is 26.6. The van der Waals surface area contributed by atoms with E-state index in [0.717, 1.165) is 22.4 Å². The van der Waals surface area contributed by atoms with Gasteiger partial charge >= 0.3 is 5.97 Å². The summed E-state index contributed by atoms with van der Waals surface area (Å²) in [7, 11) is 3.99. The molecule has 3 aromatic carbocycles. The van der Waals surface area contributed by atoms with Crippen molar-refractivity contribution in [2.24, 2.45) is 0 Å². The van der Waals surface area contributed by atoms with Crippen LogP contribution >= 0.6 is 23.4 Å². The quantitative estimate of drug-likeness (QED) is 0.205. The third kappa shape index (κ3) is 5.56. The van der Waals surface area contributed by atoms with Crippen LogP contribution in [-0.4, -0.2) is 34.8 Å². The Morgan fingerprint density at radius 3 is 2.47 bits per heavy atom. The second-order valence-corrected chi connectivity index (χ2v) is 10.5. The molecule has 1 N–H and O–H groups in total. The first kappa shape index (κ1) is 25.9. The van der Waals surface area contributed by atoms with Crippen LogP contribution in [0.5, 0.6) is 0 Å². The molecule has 1 aliphatic heterocycles. The van der Waals surface area contributed by atoms with Gasteiger partial charge in [-0.2, -0.15) is 4.98 Å². The third-order valence-corrected chi connectivity index (χ3v) is 7.56. The van der Waals surface area contributed by atoms with Crippen LogP contribution < -0.4 is 10.2 Å². The maximum absolute atomic E-state index is 13.5. The van der Waals surface area contributed by atoms with Crippen molar-refractivity contribution in [3.63, 3.8) is 0 Å². The van der Waals surface area contributed by atoms with Crippen LogP contribution in [-0.2, 0) is 21.9 Å². The highest BCUT2D eigenvalue weighted by atomic mass is 35.5. The number of hydrogen-bond acceptors (Lipinski definition) is 7. The van der Waals surface area contributed by atoms with Crippen LogP contribution in [0.3, 0.4) is 0 Å². The Kier molecular flexibility index (Phi) is 7.72. The summed E-state index contributed by atoms with van der Waals surface area (Å²) in [6.07, 6.45) is 0. The number of nitrogens with one attached hydrogen (secondary N) is 1. The Labute approximate surface area is 231 Å². The molecule has 1 unspecified atom stereocenters. The van der Waals surface area contributed by atoms with Crippen LogP contribution in [0.4, 0.5) is 11.6 Å². The molecule has 0 radical (unpaired) electrons. The number of carbonyl (C=O) groups excluding carboxylic acids is 1. The van der Waals surface area contributed by atoms with E-state index in [4.69, 9.17) is 26.4 Å². The van der Waals surface area contributed by atoms with Crippen molar-refractivity contribution >= 4 is 41.0 Å². The van der Waals surface area contributed by atoms with E-state index in [1.807, 2.05) is 105 Å². The normalized spacial score (nSPS) is 14.6. The Hall–Kier alpha value is -3.75. The molecular formula is C29H28ClN5O2S. The highest BCUT2D eigenvalue weighted by Gasteiger charge is 2.35. The van der Waals surface area contributed by atoms with Crippen molar-refractivity contribution in [1.29, 1.82) is 0 Å². The van der Waals surface area contributed by atoms with Gasteiger partial charge in [0.15, 0.2) is 0 Å². The summed E-state index contributed by atoms with van der Waals surface area (Å²) in [6.45, 7) is 2.06. The maximum atomic E-state index is 13.5. The number of nitrogens with zero attached hydrogens (tertiary/aromatic N) is 4. The highest BCUT2D eigenvalue weighted by molar-refractivity contribution is 7.98. The highest BCUT2D eigenvalue weighted by Crippen LogP contribution is 2.38. The number of fused-ring (bicyclic) bond motifs is 1. The lowest BCUT2D eigenvalue weighted by molar-refractivity contribution is -0.140. The summed E-state index contributed by atoms with van der Waals surface area (Å²) in [6, 6.07) is 25.0. The Morgan fingerprint density at radius 2 is 1.76 bits per heavy atom. The average molecular weight is 546 g/mol. The predicted molar refractivity (Wildman–Crippen MR) is 153 cm³/mol. The minimum atomic E-state index is -0.493. The van der Waals surface area contributed by atoms with Gasteiger partial charge in [-0.3, -0.25) is 0 Å². The molecule has 0 spiro atoms. The van der Waals surface area contributed by atoms with E-state index >= 15 is 0 Å². The summed E-state index contributed by atoms with van der Waals surface area (Å²) in [5, 5.41) is 9.38. The number of rotatable bonds is 8. The number of esters is 1. The second-order valence-electron chi connectivity index (χ2n) is 9.16. The molecular weight excluding hydrogens is 518 g/mol. The van der Waals surface area contributed by atoms with Crippen molar-refractivity contribution in [2.45, 2.75) is 30.5 Å². The van der Waals surface area contributed by atoms with E-state index < -0.39 is 12.0 Å². The lowest BCUT2D eigenvalue weighted by atomic mass is 9.95. The van der Waals surface area contributed by atoms with Crippen molar-refractivity contribution in [3.8, 4) is 0 Å². The first-order valence-corrected chi connectivity index (χ1v) is 13.6. The second kappa shape index (κ2) is 11.3. The fourth-order valence-electron chi connectivity index (χ4n) is 4.28.